The number of amides is 1. The summed E-state index contributed by atoms with van der Waals surface area (Å²) >= 11 is 0. The van der Waals surface area contributed by atoms with E-state index in [0.29, 0.717) is 17.4 Å². The van der Waals surface area contributed by atoms with Gasteiger partial charge in [0, 0.05) is 0 Å². The highest BCUT2D eigenvalue weighted by Gasteiger charge is 2.17. The van der Waals surface area contributed by atoms with E-state index in [2.05, 4.69) is 31.3 Å². The molecule has 28 heavy (non-hydrogen) atoms. The van der Waals surface area contributed by atoms with Crippen molar-refractivity contribution in [1.82, 2.24) is 0 Å². The molecule has 0 radical (unpaired) electrons. The number of anilines is 1. The minimum absolute atomic E-state index is 0.0549. The van der Waals surface area contributed by atoms with E-state index in [1.54, 1.807) is 0 Å². The minimum Gasteiger partial charge on any atom is -0.455 e. The average molecular weight is 373 g/mol. The molecule has 0 bridgehead atoms. The molecule has 0 aromatic heterocycles. The number of rotatable bonds is 7. The molecule has 3 aromatic carbocycles. The van der Waals surface area contributed by atoms with Gasteiger partial charge in [-0.05, 0) is 54.7 Å². The van der Waals surface area contributed by atoms with Gasteiger partial charge in [-0.25, -0.2) is 0 Å². The van der Waals surface area contributed by atoms with Crippen LogP contribution in [0.5, 0.6) is 11.5 Å². The van der Waals surface area contributed by atoms with E-state index < -0.39 is 0 Å². The number of benzene rings is 3. The van der Waals surface area contributed by atoms with Crippen molar-refractivity contribution in [3.8, 4) is 11.5 Å². The first-order chi connectivity index (χ1) is 13.5. The second-order valence-electron chi connectivity index (χ2n) is 7.46. The molecule has 3 rings (SSSR count). The van der Waals surface area contributed by atoms with Crippen molar-refractivity contribution in [2.24, 2.45) is 5.92 Å². The van der Waals surface area contributed by atoms with Gasteiger partial charge in [0.05, 0.1) is 11.6 Å². The Kier molecular flexibility index (Phi) is 6.49. The summed E-state index contributed by atoms with van der Waals surface area (Å²) in [6, 6.07) is 25.4. The van der Waals surface area contributed by atoms with E-state index in [0.717, 1.165) is 17.7 Å². The second kappa shape index (κ2) is 9.23. The minimum atomic E-state index is -0.252. The van der Waals surface area contributed by atoms with Crippen LogP contribution in [0.2, 0.25) is 0 Å². The lowest BCUT2D eigenvalue weighted by Crippen LogP contribution is -2.19. The third kappa shape index (κ3) is 5.23. The maximum Gasteiger partial charge on any atom is 0.231 e. The zero-order chi connectivity index (χ0) is 19.9. The molecule has 1 amide bonds. The number of nitrogens with one attached hydrogen (secondary N) is 1. The number of ether oxygens (including phenoxy) is 1. The molecule has 0 aliphatic heterocycles. The van der Waals surface area contributed by atoms with Crippen LogP contribution in [0.1, 0.15) is 37.8 Å². The molecular formula is C25H27NO2. The summed E-state index contributed by atoms with van der Waals surface area (Å²) < 4.78 is 5.93. The van der Waals surface area contributed by atoms with Crippen molar-refractivity contribution >= 4 is 11.6 Å². The van der Waals surface area contributed by atoms with E-state index in [-0.39, 0.29) is 11.8 Å². The molecule has 0 spiro atoms. The zero-order valence-electron chi connectivity index (χ0n) is 16.7. The highest BCUT2D eigenvalue weighted by molar-refractivity contribution is 5.96. The molecule has 3 aromatic rings. The molecule has 1 N–H and O–H groups in total. The Balaban J connectivity index is 1.70. The largest absolute Gasteiger partial charge is 0.455 e. The molecule has 0 fully saturated rings. The predicted molar refractivity (Wildman–Crippen MR) is 115 cm³/mol. The number of hydrogen-bond donors (Lipinski definition) is 1. The first-order valence-corrected chi connectivity index (χ1v) is 9.74. The maximum atomic E-state index is 12.8. The molecule has 0 aliphatic carbocycles. The van der Waals surface area contributed by atoms with Crippen LogP contribution in [0.4, 0.5) is 5.69 Å². The Labute approximate surface area is 167 Å². The monoisotopic (exact) mass is 373 g/mol. The van der Waals surface area contributed by atoms with Gasteiger partial charge in [-0.3, -0.25) is 4.79 Å². The smallest absolute Gasteiger partial charge is 0.231 e. The van der Waals surface area contributed by atoms with Crippen molar-refractivity contribution in [3.05, 3.63) is 90.0 Å². The van der Waals surface area contributed by atoms with Crippen LogP contribution in [-0.2, 0) is 11.2 Å². The van der Waals surface area contributed by atoms with Gasteiger partial charge < -0.3 is 10.1 Å². The van der Waals surface area contributed by atoms with Gasteiger partial charge in [0.2, 0.25) is 5.91 Å². The van der Waals surface area contributed by atoms with Crippen molar-refractivity contribution in [2.75, 3.05) is 5.32 Å². The lowest BCUT2D eigenvalue weighted by atomic mass is 9.96. The highest BCUT2D eigenvalue weighted by atomic mass is 16.5. The van der Waals surface area contributed by atoms with Gasteiger partial charge in [0.1, 0.15) is 5.75 Å². The Morgan fingerprint density at radius 3 is 2.18 bits per heavy atom. The van der Waals surface area contributed by atoms with Crippen LogP contribution in [-0.4, -0.2) is 5.91 Å². The first kappa shape index (κ1) is 19.7. The Hall–Kier alpha value is -3.07. The molecule has 0 aliphatic rings. The number of carbonyl (C=O) groups excluding carboxylic acids is 1. The molecule has 144 valence electrons. The lowest BCUT2D eigenvalue weighted by Gasteiger charge is -2.16. The zero-order valence-corrected chi connectivity index (χ0v) is 16.7. The highest BCUT2D eigenvalue weighted by Crippen LogP contribution is 2.30. The third-order valence-electron chi connectivity index (χ3n) is 4.63. The van der Waals surface area contributed by atoms with Gasteiger partial charge in [-0.2, -0.15) is 0 Å². The van der Waals surface area contributed by atoms with Crippen molar-refractivity contribution in [2.45, 2.75) is 33.1 Å². The summed E-state index contributed by atoms with van der Waals surface area (Å²) in [6.07, 6.45) is 1.05. The molecule has 3 nitrogen and oxygen atoms in total. The maximum absolute atomic E-state index is 12.8. The van der Waals surface area contributed by atoms with Crippen molar-refractivity contribution in [1.29, 1.82) is 0 Å². The van der Waals surface area contributed by atoms with E-state index >= 15 is 0 Å². The summed E-state index contributed by atoms with van der Waals surface area (Å²) in [6.45, 7) is 6.34. The quantitative estimate of drug-likeness (QED) is 0.519. The summed E-state index contributed by atoms with van der Waals surface area (Å²) in [5, 5.41) is 3.01. The molecular weight excluding hydrogens is 346 g/mol. The number of carbonyl (C=O) groups is 1. The number of hydrogen-bond acceptors (Lipinski definition) is 2. The summed E-state index contributed by atoms with van der Waals surface area (Å²) in [5.74, 6) is 1.67. The molecule has 1 atom stereocenters. The fraction of sp³-hybridized carbons (Fsp3) is 0.240. The lowest BCUT2D eigenvalue weighted by molar-refractivity contribution is -0.117. The van der Waals surface area contributed by atoms with Gasteiger partial charge in [-0.15, -0.1) is 0 Å². The summed E-state index contributed by atoms with van der Waals surface area (Å²) in [7, 11) is 0. The van der Waals surface area contributed by atoms with Crippen LogP contribution in [0.15, 0.2) is 78.9 Å². The van der Waals surface area contributed by atoms with E-state index in [1.807, 2.05) is 73.7 Å². The molecule has 3 heteroatoms. The molecule has 0 saturated heterocycles. The Morgan fingerprint density at radius 1 is 0.857 bits per heavy atom. The first-order valence-electron chi connectivity index (χ1n) is 9.74. The molecule has 0 saturated carbocycles. The van der Waals surface area contributed by atoms with Crippen LogP contribution in [0, 0.1) is 5.92 Å². The van der Waals surface area contributed by atoms with Crippen LogP contribution >= 0.6 is 0 Å². The fourth-order valence-electron chi connectivity index (χ4n) is 3.08. The standard InChI is InChI=1S/C25H27NO2/c1-18(2)17-20-13-15-21(16-14-20)19(3)25(27)26-23-11-7-8-12-24(23)28-22-9-5-4-6-10-22/h4-16,18-19H,17H2,1-3H3,(H,26,27). The topological polar surface area (TPSA) is 38.3 Å². The third-order valence-corrected chi connectivity index (χ3v) is 4.63. The van der Waals surface area contributed by atoms with Gasteiger partial charge >= 0.3 is 0 Å². The second-order valence-corrected chi connectivity index (χ2v) is 7.46. The predicted octanol–water partition coefficient (Wildman–Crippen LogP) is 6.42. The Morgan fingerprint density at radius 2 is 1.50 bits per heavy atom. The normalized spacial score (nSPS) is 11.9. The Bertz CT molecular complexity index is 901. The van der Waals surface area contributed by atoms with Crippen LogP contribution < -0.4 is 10.1 Å². The van der Waals surface area contributed by atoms with E-state index in [9.17, 15) is 4.79 Å². The van der Waals surface area contributed by atoms with E-state index in [4.69, 9.17) is 4.74 Å². The molecule has 0 heterocycles. The summed E-state index contributed by atoms with van der Waals surface area (Å²) in [4.78, 5) is 12.8. The number of para-hydroxylation sites is 3. The van der Waals surface area contributed by atoms with Crippen LogP contribution in [0.25, 0.3) is 0 Å². The van der Waals surface area contributed by atoms with Gasteiger partial charge in [0.15, 0.2) is 5.75 Å². The summed E-state index contributed by atoms with van der Waals surface area (Å²) in [5.41, 5.74) is 2.97. The average Bonchev–Trinajstić information content (AvgIpc) is 2.70. The van der Waals surface area contributed by atoms with Crippen LogP contribution in [0.3, 0.4) is 0 Å². The fourth-order valence-corrected chi connectivity index (χ4v) is 3.08. The van der Waals surface area contributed by atoms with Crippen molar-refractivity contribution < 1.29 is 9.53 Å². The van der Waals surface area contributed by atoms with Gasteiger partial charge in [-0.1, -0.05) is 68.4 Å². The molecule has 1 unspecified atom stereocenters. The van der Waals surface area contributed by atoms with Gasteiger partial charge in [0.25, 0.3) is 0 Å². The van der Waals surface area contributed by atoms with E-state index in [1.165, 1.54) is 5.56 Å². The van der Waals surface area contributed by atoms with Crippen molar-refractivity contribution in [3.63, 3.8) is 0 Å². The SMILES string of the molecule is CC(C)Cc1ccc(C(C)C(=O)Nc2ccccc2Oc2ccccc2)cc1.